The van der Waals surface area contributed by atoms with Crippen molar-refractivity contribution in [1.82, 2.24) is 24.5 Å². The molecule has 6 unspecified atom stereocenters. The number of rotatable bonds is 7. The lowest BCUT2D eigenvalue weighted by atomic mass is 9.69. The van der Waals surface area contributed by atoms with Gasteiger partial charge in [-0.05, 0) is 300 Å². The zero-order valence-corrected chi connectivity index (χ0v) is 64.3. The molecule has 4 spiro atoms. The number of anilines is 4. The van der Waals surface area contributed by atoms with Gasteiger partial charge in [-0.3, -0.25) is 19.3 Å². The Kier molecular flexibility index (Phi) is 21.9. The molecule has 4 N–H and O–H groups in total. The Morgan fingerprint density at radius 2 is 1.07 bits per heavy atom. The number of allylic oxidation sites excluding steroid dienone is 2. The van der Waals surface area contributed by atoms with Crippen LogP contribution in [0, 0.1) is 35.0 Å². The molecule has 4 aliphatic carbocycles. The monoisotopic (exact) mass is 1440 g/mol. The van der Waals surface area contributed by atoms with Gasteiger partial charge in [0, 0.05) is 107 Å². The first kappa shape index (κ1) is 73.9. The molecule has 0 aromatic heterocycles. The van der Waals surface area contributed by atoms with E-state index >= 15 is 0 Å². The summed E-state index contributed by atoms with van der Waals surface area (Å²) >= 11 is 0. The molecular weight excluding hydrogens is 1310 g/mol. The topological polar surface area (TPSA) is 167 Å². The molecule has 10 heterocycles. The largest absolute Gasteiger partial charge is 0.450 e. The molecule has 6 amide bonds. The minimum atomic E-state index is -0.318. The molecule has 3 saturated carbocycles. The minimum Gasteiger partial charge on any atom is -0.450 e. The maximum Gasteiger partial charge on any atom is 0.410 e. The van der Waals surface area contributed by atoms with E-state index in [0.717, 1.165) is 155 Å². The molecule has 4 aromatic rings. The molecule has 8 atom stereocenters. The van der Waals surface area contributed by atoms with Crippen molar-refractivity contribution < 1.29 is 33.0 Å². The van der Waals surface area contributed by atoms with Crippen molar-refractivity contribution in [1.29, 1.82) is 0 Å². The van der Waals surface area contributed by atoms with Crippen LogP contribution in [-0.2, 0) is 40.8 Å². The van der Waals surface area contributed by atoms with Crippen molar-refractivity contribution in [2.24, 2.45) is 40.7 Å². The van der Waals surface area contributed by atoms with Gasteiger partial charge in [-0.2, -0.15) is 0 Å². The second-order valence-corrected chi connectivity index (χ2v) is 36.3. The van der Waals surface area contributed by atoms with Crippen molar-refractivity contribution >= 4 is 52.6 Å². The summed E-state index contributed by atoms with van der Waals surface area (Å²) in [6, 6.07) is 35.7. The lowest BCUT2D eigenvalue weighted by Crippen LogP contribution is -2.55. The Bertz CT molecular complexity index is 3780. The maximum absolute atomic E-state index is 12.4. The van der Waals surface area contributed by atoms with Crippen LogP contribution in [0.1, 0.15) is 228 Å². The van der Waals surface area contributed by atoms with Crippen LogP contribution < -0.4 is 26.2 Å². The number of nitrogens with zero attached hydrogens (tertiary/aromatic N) is 7. The van der Waals surface area contributed by atoms with E-state index in [-0.39, 0.29) is 55.8 Å². The van der Waals surface area contributed by atoms with E-state index in [2.05, 4.69) is 142 Å². The molecule has 10 aliphatic heterocycles. The van der Waals surface area contributed by atoms with Gasteiger partial charge in [-0.15, -0.1) is 0 Å². The third-order valence-electron chi connectivity index (χ3n) is 29.4. The average molecular weight is 1440 g/mol. The number of hydrogen-bond donors (Lipinski definition) is 3. The van der Waals surface area contributed by atoms with Crippen LogP contribution in [-0.4, -0.2) is 164 Å². The number of urea groups is 1. The Balaban J connectivity index is 0.000000134. The summed E-state index contributed by atoms with van der Waals surface area (Å²) in [6.45, 7) is 21.8. The Morgan fingerprint density at radius 1 is 0.543 bits per heavy atom. The third-order valence-corrected chi connectivity index (χ3v) is 29.4. The first-order valence-electron chi connectivity index (χ1n) is 41.7. The van der Waals surface area contributed by atoms with Gasteiger partial charge in [0.25, 0.3) is 0 Å². The molecule has 6 bridgehead atoms. The second kappa shape index (κ2) is 31.2. The fourth-order valence-electron chi connectivity index (χ4n) is 23.3. The Labute approximate surface area is 632 Å². The second-order valence-electron chi connectivity index (χ2n) is 36.3. The number of fused-ring (bicyclic) bond motifs is 14. The highest BCUT2D eigenvalue weighted by atomic mass is 16.6. The summed E-state index contributed by atoms with van der Waals surface area (Å²) in [5, 5.41) is 6.24. The van der Waals surface area contributed by atoms with Crippen LogP contribution in [0.4, 0.5) is 32.3 Å². The number of amides is 6. The van der Waals surface area contributed by atoms with Crippen molar-refractivity contribution in [3.05, 3.63) is 131 Å². The molecule has 9 fully saturated rings. The lowest BCUT2D eigenvalue weighted by Gasteiger charge is -2.48. The van der Waals surface area contributed by atoms with Crippen LogP contribution in [0.5, 0.6) is 0 Å². The Hall–Kier alpha value is -6.59. The van der Waals surface area contributed by atoms with Gasteiger partial charge < -0.3 is 50.5 Å². The van der Waals surface area contributed by atoms with Crippen LogP contribution in [0.15, 0.2) is 109 Å². The Morgan fingerprint density at radius 3 is 1.61 bits per heavy atom. The van der Waals surface area contributed by atoms with E-state index in [1.165, 1.54) is 151 Å². The summed E-state index contributed by atoms with van der Waals surface area (Å²) < 4.78 is 5.31. The highest BCUT2D eigenvalue weighted by molar-refractivity contribution is 5.96. The normalized spacial score (nSPS) is 29.8. The molecule has 0 radical (unpaired) electrons. The quantitative estimate of drug-likeness (QED) is 0.152. The first-order valence-corrected chi connectivity index (χ1v) is 41.7. The minimum absolute atomic E-state index is 0. The van der Waals surface area contributed by atoms with Gasteiger partial charge in [0.1, 0.15) is 0 Å². The highest BCUT2D eigenvalue weighted by Gasteiger charge is 2.51. The van der Waals surface area contributed by atoms with Gasteiger partial charge in [-0.25, -0.2) is 9.59 Å². The zero-order valence-electron chi connectivity index (χ0n) is 64.3. The molecular formula is C89H130N10O6. The number of nitrogens with one attached hydrogen (secondary N) is 2. The SMILES string of the molecule is CCOC(=O)N1C2CCC1CC(N1CCC3(CCC(=O)Nc4ccccc43)CC1)C2.CN1C(=O)CCC2(CCN(CCC(C)(C)C)CC2)c2ccccc21.NC(=O)N1CCCC2(CCN(CC3CC4C=CC3C4)CC2)c2ccccc21.O=C1CCC2(CCN(C3C[C@@H]4CC[C@@H]3C4)CC2)c2ccccc2N1.[HH].[HH].[HH]. The van der Waals surface area contributed by atoms with E-state index in [1.54, 1.807) is 4.90 Å². The van der Waals surface area contributed by atoms with Crippen LogP contribution >= 0.6 is 0 Å². The first-order chi connectivity index (χ1) is 50.8. The molecule has 16 heteroatoms. The van der Waals surface area contributed by atoms with Crippen molar-refractivity contribution in [2.75, 3.05) is 106 Å². The molecule has 18 rings (SSSR count). The summed E-state index contributed by atoms with van der Waals surface area (Å²) in [5.74, 6) is 5.18. The van der Waals surface area contributed by atoms with Crippen molar-refractivity contribution in [3.63, 3.8) is 0 Å². The number of carbonyl (C=O) groups excluding carboxylic acids is 5. The number of hydrogen-bond acceptors (Lipinski definition) is 10. The van der Waals surface area contributed by atoms with Crippen LogP contribution in [0.25, 0.3) is 0 Å². The molecule has 16 nitrogen and oxygen atoms in total. The van der Waals surface area contributed by atoms with Crippen LogP contribution in [0.3, 0.4) is 0 Å². The smallest absolute Gasteiger partial charge is 0.410 e. The molecule has 572 valence electrons. The molecule has 14 aliphatic rings. The van der Waals surface area contributed by atoms with Crippen molar-refractivity contribution in [2.45, 2.75) is 247 Å². The molecule has 4 aromatic carbocycles. The van der Waals surface area contributed by atoms with E-state index < -0.39 is 0 Å². The van der Waals surface area contributed by atoms with E-state index in [1.807, 2.05) is 42.0 Å². The maximum atomic E-state index is 12.4. The number of nitrogens with two attached hydrogens (primary N) is 1. The lowest BCUT2D eigenvalue weighted by molar-refractivity contribution is -0.119. The van der Waals surface area contributed by atoms with Gasteiger partial charge in [-0.1, -0.05) is 112 Å². The number of piperidine rings is 5. The summed E-state index contributed by atoms with van der Waals surface area (Å²) in [5.41, 5.74) is 16.5. The summed E-state index contributed by atoms with van der Waals surface area (Å²) in [4.78, 5) is 77.6. The fourth-order valence-corrected chi connectivity index (χ4v) is 23.3. The fraction of sp³-hybridized carbons (Fsp3) is 0.652. The van der Waals surface area contributed by atoms with Gasteiger partial charge in [0.05, 0.1) is 6.61 Å². The third kappa shape index (κ3) is 15.6. The van der Waals surface area contributed by atoms with Gasteiger partial charge in [0.15, 0.2) is 0 Å². The van der Waals surface area contributed by atoms with Crippen LogP contribution in [0.2, 0.25) is 0 Å². The molecule has 6 saturated heterocycles. The highest BCUT2D eigenvalue weighted by Crippen LogP contribution is 2.53. The van der Waals surface area contributed by atoms with Gasteiger partial charge in [0.2, 0.25) is 17.7 Å². The average Bonchev–Trinajstić information content (AvgIpc) is 1.50. The number of primary amides is 1. The summed E-state index contributed by atoms with van der Waals surface area (Å²) in [7, 11) is 1.93. The van der Waals surface area contributed by atoms with Crippen molar-refractivity contribution in [3.8, 4) is 0 Å². The number of carbonyl (C=O) groups is 5. The number of ether oxygens (including phenoxy) is 1. The number of benzene rings is 4. The number of likely N-dealkylation sites (tertiary alicyclic amines) is 4. The summed E-state index contributed by atoms with van der Waals surface area (Å²) in [6.07, 6.45) is 35.6. The predicted octanol–water partition coefficient (Wildman–Crippen LogP) is 16.7. The molecule has 105 heavy (non-hydrogen) atoms. The van der Waals surface area contributed by atoms with E-state index in [4.69, 9.17) is 10.5 Å². The zero-order chi connectivity index (χ0) is 72.7. The van der Waals surface area contributed by atoms with Gasteiger partial charge >= 0.3 is 12.1 Å². The standard InChI is InChI=1S/C24H33N3O3.C23H31N3O.C21H28N2O.C21H32N2O.3H2/c1-2-30-23(29)27-17-7-8-18(27)16-19(15-17)26-13-11-24(12-14-26)10-9-22(28)25-21-6-4-3-5-20(21)24;24-22(27)26-11-3-8-23(20-4-1-2-5-21(20)26)9-12-25(13-10-23)16-19-15-17-6-7-18(19)14-17;24-20-7-8-21(17-3-1-2-4-18(17)22-20)9-11-23(12-10-21)19-14-15-5-6-16(19)13-15;1-20(2,3)11-14-23-15-12-21(13-16-23)10-9-19(24)22(4)18-8-6-5-7-17(18)21;;;/h3-6,17-19H,2,7-16H2,1H3,(H,25,28);1-2,4-7,17-19H,3,8-16H2,(H2,24,27);1-4,15-16,19H,5-14H2,(H,22,24);5-8H,9-16H2,1-4H3;3*1H/t;;15-,16-,19?;;;;/m..1..../s1. The number of para-hydroxylation sites is 4. The van der Waals surface area contributed by atoms with E-state index in [0.29, 0.717) is 49.4 Å². The predicted molar refractivity (Wildman–Crippen MR) is 427 cm³/mol. The van der Waals surface area contributed by atoms with E-state index in [9.17, 15) is 24.0 Å².